The number of carbonyl (C=O) groups is 1. The Balaban J connectivity index is 1.95. The number of anilines is 1. The molecule has 1 fully saturated rings. The van der Waals surface area contributed by atoms with E-state index >= 15 is 0 Å². The van der Waals surface area contributed by atoms with Crippen LogP contribution in [-0.4, -0.2) is 43.0 Å². The molecule has 1 aliphatic heterocycles. The highest BCUT2D eigenvalue weighted by atomic mass is 35.5. The molecule has 0 radical (unpaired) electrons. The number of benzene rings is 1. The van der Waals surface area contributed by atoms with Crippen molar-refractivity contribution in [3.63, 3.8) is 0 Å². The fraction of sp³-hybridized carbons (Fsp3) is 0.462. The Labute approximate surface area is 123 Å². The number of nitrogens with one attached hydrogen (secondary N) is 2. The summed E-state index contributed by atoms with van der Waals surface area (Å²) in [5.74, 6) is -0.0714. The van der Waals surface area contributed by atoms with Gasteiger partial charge < -0.3 is 10.6 Å². The Kier molecular flexibility index (Phi) is 5.05. The monoisotopic (exact) mass is 301 g/mol. The number of piperazine rings is 1. The maximum Gasteiger partial charge on any atom is 0.238 e. The van der Waals surface area contributed by atoms with Gasteiger partial charge in [-0.05, 0) is 19.1 Å². The third-order valence-electron chi connectivity index (χ3n) is 3.21. The van der Waals surface area contributed by atoms with Gasteiger partial charge in [-0.2, -0.15) is 0 Å². The summed E-state index contributed by atoms with van der Waals surface area (Å²) in [6, 6.07) is 5.55. The summed E-state index contributed by atoms with van der Waals surface area (Å²) in [4.78, 5) is 14.2. The molecule has 19 heavy (non-hydrogen) atoms. The Morgan fingerprint density at radius 2 is 2.32 bits per heavy atom. The summed E-state index contributed by atoms with van der Waals surface area (Å²) in [6.07, 6.45) is 0. The molecule has 1 saturated heterocycles. The van der Waals surface area contributed by atoms with Crippen LogP contribution in [0, 0.1) is 0 Å². The van der Waals surface area contributed by atoms with E-state index < -0.39 is 0 Å². The van der Waals surface area contributed by atoms with E-state index in [0.29, 0.717) is 28.3 Å². The quantitative estimate of drug-likeness (QED) is 0.900. The summed E-state index contributed by atoms with van der Waals surface area (Å²) in [5, 5.41) is 6.91. The van der Waals surface area contributed by atoms with Crippen molar-refractivity contribution in [1.29, 1.82) is 0 Å². The Morgan fingerprint density at radius 1 is 1.53 bits per heavy atom. The van der Waals surface area contributed by atoms with Crippen LogP contribution in [0.4, 0.5) is 5.69 Å². The Hall–Kier alpha value is -0.810. The van der Waals surface area contributed by atoms with Gasteiger partial charge in [0.05, 0.1) is 22.3 Å². The minimum absolute atomic E-state index is 0.0714. The van der Waals surface area contributed by atoms with Crippen LogP contribution < -0.4 is 10.6 Å². The van der Waals surface area contributed by atoms with Gasteiger partial charge in [-0.1, -0.05) is 29.3 Å². The van der Waals surface area contributed by atoms with Crippen molar-refractivity contribution < 1.29 is 4.79 Å². The molecule has 2 N–H and O–H groups in total. The molecule has 4 nitrogen and oxygen atoms in total. The zero-order valence-corrected chi connectivity index (χ0v) is 12.3. The van der Waals surface area contributed by atoms with E-state index in [4.69, 9.17) is 23.2 Å². The molecule has 104 valence electrons. The third-order valence-corrected chi connectivity index (χ3v) is 4.03. The van der Waals surface area contributed by atoms with E-state index in [0.717, 1.165) is 19.6 Å². The molecule has 0 aromatic heterocycles. The van der Waals surface area contributed by atoms with E-state index in [1.165, 1.54) is 0 Å². The number of nitrogens with zero attached hydrogens (tertiary/aromatic N) is 1. The van der Waals surface area contributed by atoms with E-state index in [9.17, 15) is 4.79 Å². The van der Waals surface area contributed by atoms with Gasteiger partial charge in [-0.25, -0.2) is 0 Å². The average molecular weight is 302 g/mol. The van der Waals surface area contributed by atoms with Crippen molar-refractivity contribution in [2.24, 2.45) is 0 Å². The zero-order chi connectivity index (χ0) is 13.8. The molecule has 1 aromatic rings. The largest absolute Gasteiger partial charge is 0.324 e. The smallest absolute Gasteiger partial charge is 0.238 e. The lowest BCUT2D eigenvalue weighted by Gasteiger charge is -2.33. The maximum atomic E-state index is 12.0. The van der Waals surface area contributed by atoms with E-state index in [-0.39, 0.29) is 5.91 Å². The van der Waals surface area contributed by atoms with Crippen LogP contribution >= 0.6 is 23.2 Å². The molecular formula is C13H17Cl2N3O. The number of hydrogen-bond donors (Lipinski definition) is 2. The van der Waals surface area contributed by atoms with Gasteiger partial charge in [0.2, 0.25) is 5.91 Å². The van der Waals surface area contributed by atoms with Gasteiger partial charge in [-0.3, -0.25) is 9.69 Å². The van der Waals surface area contributed by atoms with E-state index in [2.05, 4.69) is 22.5 Å². The third kappa shape index (κ3) is 3.83. The highest BCUT2D eigenvalue weighted by molar-refractivity contribution is 6.43. The Morgan fingerprint density at radius 3 is 3.05 bits per heavy atom. The minimum Gasteiger partial charge on any atom is -0.324 e. The van der Waals surface area contributed by atoms with Crippen molar-refractivity contribution in [3.8, 4) is 0 Å². The van der Waals surface area contributed by atoms with Crippen LogP contribution in [-0.2, 0) is 4.79 Å². The van der Waals surface area contributed by atoms with Crippen molar-refractivity contribution >= 4 is 34.8 Å². The maximum absolute atomic E-state index is 12.0. The van der Waals surface area contributed by atoms with Gasteiger partial charge in [-0.15, -0.1) is 0 Å². The lowest BCUT2D eigenvalue weighted by molar-refractivity contribution is -0.118. The first kappa shape index (κ1) is 14.6. The summed E-state index contributed by atoms with van der Waals surface area (Å²) in [7, 11) is 0. The van der Waals surface area contributed by atoms with Crippen LogP contribution in [0.25, 0.3) is 0 Å². The fourth-order valence-electron chi connectivity index (χ4n) is 2.09. The van der Waals surface area contributed by atoms with Crippen LogP contribution in [0.5, 0.6) is 0 Å². The van der Waals surface area contributed by atoms with Gasteiger partial charge in [0.15, 0.2) is 0 Å². The van der Waals surface area contributed by atoms with Crippen LogP contribution in [0.2, 0.25) is 10.0 Å². The van der Waals surface area contributed by atoms with Gasteiger partial charge in [0, 0.05) is 25.7 Å². The SMILES string of the molecule is C[C@@H]1CNCCN1CC(=O)Nc1cccc(Cl)c1Cl. The second-order valence-corrected chi connectivity index (χ2v) is 5.46. The lowest BCUT2D eigenvalue weighted by Crippen LogP contribution is -2.51. The molecule has 1 aromatic carbocycles. The molecule has 0 unspecified atom stereocenters. The molecule has 0 saturated carbocycles. The van der Waals surface area contributed by atoms with Crippen LogP contribution in [0.15, 0.2) is 18.2 Å². The predicted molar refractivity (Wildman–Crippen MR) is 79.0 cm³/mol. The van der Waals surface area contributed by atoms with Gasteiger partial charge in [0.25, 0.3) is 0 Å². The van der Waals surface area contributed by atoms with Crippen molar-refractivity contribution in [3.05, 3.63) is 28.2 Å². The summed E-state index contributed by atoms with van der Waals surface area (Å²) in [6.45, 7) is 5.16. The molecule has 1 amide bonds. The zero-order valence-electron chi connectivity index (χ0n) is 10.7. The topological polar surface area (TPSA) is 44.4 Å². The second kappa shape index (κ2) is 6.57. The molecule has 2 rings (SSSR count). The molecule has 6 heteroatoms. The molecule has 1 heterocycles. The number of hydrogen-bond acceptors (Lipinski definition) is 3. The first-order chi connectivity index (χ1) is 9.08. The first-order valence-electron chi connectivity index (χ1n) is 6.26. The first-order valence-corrected chi connectivity index (χ1v) is 7.02. The Bertz CT molecular complexity index is 467. The number of halogens is 2. The van der Waals surface area contributed by atoms with Crippen LogP contribution in [0.1, 0.15) is 6.92 Å². The van der Waals surface area contributed by atoms with Crippen molar-refractivity contribution in [2.75, 3.05) is 31.5 Å². The molecule has 1 atom stereocenters. The summed E-state index contributed by atoms with van der Waals surface area (Å²) >= 11 is 11.9. The van der Waals surface area contributed by atoms with Gasteiger partial charge >= 0.3 is 0 Å². The van der Waals surface area contributed by atoms with E-state index in [1.807, 2.05) is 0 Å². The standard InChI is InChI=1S/C13H17Cl2N3O/c1-9-7-16-5-6-18(9)8-12(19)17-11-4-2-3-10(14)13(11)15/h2-4,9,16H,5-8H2,1H3,(H,17,19)/t9-/m1/s1. The highest BCUT2D eigenvalue weighted by Gasteiger charge is 2.20. The molecular weight excluding hydrogens is 285 g/mol. The van der Waals surface area contributed by atoms with E-state index in [1.54, 1.807) is 18.2 Å². The van der Waals surface area contributed by atoms with Crippen molar-refractivity contribution in [1.82, 2.24) is 10.2 Å². The lowest BCUT2D eigenvalue weighted by atomic mass is 10.2. The molecule has 0 spiro atoms. The minimum atomic E-state index is -0.0714. The molecule has 0 bridgehead atoms. The molecule has 1 aliphatic rings. The second-order valence-electron chi connectivity index (χ2n) is 4.67. The fourth-order valence-corrected chi connectivity index (χ4v) is 2.44. The predicted octanol–water partition coefficient (Wildman–Crippen LogP) is 2.23. The average Bonchev–Trinajstić information content (AvgIpc) is 2.38. The van der Waals surface area contributed by atoms with Crippen LogP contribution in [0.3, 0.4) is 0 Å². The molecule has 0 aliphatic carbocycles. The van der Waals surface area contributed by atoms with Gasteiger partial charge in [0.1, 0.15) is 0 Å². The number of rotatable bonds is 3. The summed E-state index contributed by atoms with van der Waals surface area (Å²) in [5.41, 5.74) is 0.557. The normalized spacial score (nSPS) is 20.3. The van der Waals surface area contributed by atoms with Crippen molar-refractivity contribution in [2.45, 2.75) is 13.0 Å². The highest BCUT2D eigenvalue weighted by Crippen LogP contribution is 2.29. The number of amides is 1. The number of carbonyl (C=O) groups excluding carboxylic acids is 1. The summed E-state index contributed by atoms with van der Waals surface area (Å²) < 4.78 is 0.